The van der Waals surface area contributed by atoms with E-state index in [1.165, 1.54) is 5.56 Å². The predicted molar refractivity (Wildman–Crippen MR) is 111 cm³/mol. The van der Waals surface area contributed by atoms with E-state index in [2.05, 4.69) is 24.5 Å². The molecule has 0 saturated heterocycles. The molecule has 5 heteroatoms. The Labute approximate surface area is 166 Å². The summed E-state index contributed by atoms with van der Waals surface area (Å²) in [6, 6.07) is 15.0. The molecular weight excluding hydrogens is 360 g/mol. The number of hydrogen-bond donors (Lipinski definition) is 2. The summed E-state index contributed by atoms with van der Waals surface area (Å²) in [7, 11) is 0. The van der Waals surface area contributed by atoms with E-state index in [-0.39, 0.29) is 11.4 Å². The highest BCUT2D eigenvalue weighted by atomic mass is 35.5. The second kappa shape index (κ2) is 10.1. The second-order valence-electron chi connectivity index (χ2n) is 7.03. The second-order valence-corrected chi connectivity index (χ2v) is 7.46. The maximum Gasteiger partial charge on any atom is 0.319 e. The summed E-state index contributed by atoms with van der Waals surface area (Å²) in [5.41, 5.74) is 2.89. The molecule has 2 N–H and O–H groups in total. The summed E-state index contributed by atoms with van der Waals surface area (Å²) in [6.45, 7) is 4.78. The van der Waals surface area contributed by atoms with E-state index < -0.39 is 0 Å². The lowest BCUT2D eigenvalue weighted by molar-refractivity contribution is -0.108. The molecule has 0 fully saturated rings. The molecule has 0 heterocycles. The van der Waals surface area contributed by atoms with Crippen LogP contribution in [0.3, 0.4) is 0 Å². The van der Waals surface area contributed by atoms with Gasteiger partial charge in [0.1, 0.15) is 6.29 Å². The standard InChI is InChI=1S/C22H27ClN2O2/c1-3-13-22(2,14-4-15-26)18-7-11-20(12-8-18)25-21(27)24-16-17-5-9-19(23)10-6-17/h5-12,15H,3-4,13-14,16H2,1-2H3,(H2,24,25,27). The third-order valence-electron chi connectivity index (χ3n) is 4.82. The van der Waals surface area contributed by atoms with Crippen molar-refractivity contribution < 1.29 is 9.59 Å². The SMILES string of the molecule is CCCC(C)(CCC=O)c1ccc(NC(=O)NCc2ccc(Cl)cc2)cc1. The molecule has 0 aliphatic heterocycles. The van der Waals surface area contributed by atoms with Crippen molar-refractivity contribution in [3.05, 3.63) is 64.7 Å². The fourth-order valence-corrected chi connectivity index (χ4v) is 3.38. The number of urea groups is 1. The van der Waals surface area contributed by atoms with E-state index in [4.69, 9.17) is 11.6 Å². The highest BCUT2D eigenvalue weighted by Crippen LogP contribution is 2.34. The van der Waals surface area contributed by atoms with Gasteiger partial charge in [-0.3, -0.25) is 0 Å². The molecule has 0 aliphatic carbocycles. The molecule has 4 nitrogen and oxygen atoms in total. The molecule has 2 amide bonds. The number of rotatable bonds is 9. The van der Waals surface area contributed by atoms with Crippen molar-refractivity contribution in [1.29, 1.82) is 0 Å². The molecule has 1 unspecified atom stereocenters. The Balaban J connectivity index is 1.94. The summed E-state index contributed by atoms with van der Waals surface area (Å²) < 4.78 is 0. The van der Waals surface area contributed by atoms with E-state index in [0.717, 1.165) is 36.8 Å². The van der Waals surface area contributed by atoms with Gasteiger partial charge in [-0.15, -0.1) is 0 Å². The number of nitrogens with one attached hydrogen (secondary N) is 2. The molecule has 0 bridgehead atoms. The van der Waals surface area contributed by atoms with Gasteiger partial charge < -0.3 is 15.4 Å². The Hall–Kier alpha value is -2.33. The molecule has 2 aromatic carbocycles. The fraction of sp³-hybridized carbons (Fsp3) is 0.364. The number of carbonyl (C=O) groups excluding carboxylic acids is 2. The Morgan fingerprint density at radius 2 is 1.74 bits per heavy atom. The van der Waals surface area contributed by atoms with E-state index in [9.17, 15) is 9.59 Å². The lowest BCUT2D eigenvalue weighted by Crippen LogP contribution is -2.28. The van der Waals surface area contributed by atoms with Crippen LogP contribution in [0.25, 0.3) is 0 Å². The van der Waals surface area contributed by atoms with E-state index in [1.807, 2.05) is 36.4 Å². The first-order valence-electron chi connectivity index (χ1n) is 9.30. The molecule has 0 aromatic heterocycles. The van der Waals surface area contributed by atoms with Crippen LogP contribution in [0.5, 0.6) is 0 Å². The molecule has 0 aliphatic rings. The van der Waals surface area contributed by atoms with Gasteiger partial charge >= 0.3 is 6.03 Å². The summed E-state index contributed by atoms with van der Waals surface area (Å²) in [4.78, 5) is 22.9. The molecule has 0 saturated carbocycles. The van der Waals surface area contributed by atoms with Crippen LogP contribution >= 0.6 is 11.6 Å². The van der Waals surface area contributed by atoms with Crippen molar-refractivity contribution in [1.82, 2.24) is 5.32 Å². The molecule has 144 valence electrons. The summed E-state index contributed by atoms with van der Waals surface area (Å²) in [5, 5.41) is 6.35. The van der Waals surface area contributed by atoms with Gasteiger partial charge in [0, 0.05) is 23.7 Å². The Morgan fingerprint density at radius 1 is 1.07 bits per heavy atom. The smallest absolute Gasteiger partial charge is 0.319 e. The van der Waals surface area contributed by atoms with E-state index in [0.29, 0.717) is 18.0 Å². The van der Waals surface area contributed by atoms with Crippen LogP contribution in [0.1, 0.15) is 50.7 Å². The maximum absolute atomic E-state index is 12.1. The topological polar surface area (TPSA) is 58.2 Å². The summed E-state index contributed by atoms with van der Waals surface area (Å²) in [6.07, 6.45) is 4.45. The largest absolute Gasteiger partial charge is 0.334 e. The normalized spacial score (nSPS) is 12.9. The Bertz CT molecular complexity index is 744. The zero-order valence-corrected chi connectivity index (χ0v) is 16.7. The highest BCUT2D eigenvalue weighted by molar-refractivity contribution is 6.30. The molecule has 27 heavy (non-hydrogen) atoms. The van der Waals surface area contributed by atoms with Gasteiger partial charge in [0.05, 0.1) is 0 Å². The predicted octanol–water partition coefficient (Wildman–Crippen LogP) is 5.70. The van der Waals surface area contributed by atoms with Crippen LogP contribution < -0.4 is 10.6 Å². The zero-order valence-electron chi connectivity index (χ0n) is 15.9. The average molecular weight is 387 g/mol. The molecule has 1 atom stereocenters. The van der Waals surface area contributed by atoms with Gasteiger partial charge in [0.15, 0.2) is 0 Å². The minimum atomic E-state index is -0.255. The maximum atomic E-state index is 12.1. The summed E-state index contributed by atoms with van der Waals surface area (Å²) >= 11 is 5.86. The van der Waals surface area contributed by atoms with Crippen molar-refractivity contribution >= 4 is 29.6 Å². The number of halogens is 1. The van der Waals surface area contributed by atoms with Gasteiger partial charge in [0.2, 0.25) is 0 Å². The first kappa shape index (κ1) is 21.0. The van der Waals surface area contributed by atoms with Gasteiger partial charge in [-0.25, -0.2) is 4.79 Å². The zero-order chi connectivity index (χ0) is 19.7. The van der Waals surface area contributed by atoms with Crippen LogP contribution in [0.15, 0.2) is 48.5 Å². The Morgan fingerprint density at radius 3 is 2.33 bits per heavy atom. The van der Waals surface area contributed by atoms with Crippen LogP contribution in [-0.2, 0) is 16.8 Å². The third kappa shape index (κ3) is 6.40. The fourth-order valence-electron chi connectivity index (χ4n) is 3.26. The van der Waals surface area contributed by atoms with Gasteiger partial charge in [-0.1, -0.05) is 56.1 Å². The minimum Gasteiger partial charge on any atom is -0.334 e. The van der Waals surface area contributed by atoms with Crippen molar-refractivity contribution in [2.45, 2.75) is 51.5 Å². The average Bonchev–Trinajstić information content (AvgIpc) is 2.67. The molecular formula is C22H27ClN2O2. The highest BCUT2D eigenvalue weighted by Gasteiger charge is 2.25. The number of aldehydes is 1. The van der Waals surface area contributed by atoms with E-state index in [1.54, 1.807) is 12.1 Å². The number of amides is 2. The number of benzene rings is 2. The summed E-state index contributed by atoms with van der Waals surface area (Å²) in [5.74, 6) is 0. The number of carbonyl (C=O) groups is 2. The first-order chi connectivity index (χ1) is 13.0. The Kier molecular flexibility index (Phi) is 7.86. The van der Waals surface area contributed by atoms with Gasteiger partial charge in [-0.2, -0.15) is 0 Å². The van der Waals surface area contributed by atoms with Gasteiger partial charge in [0.25, 0.3) is 0 Å². The quantitative estimate of drug-likeness (QED) is 0.543. The van der Waals surface area contributed by atoms with Crippen molar-refractivity contribution in [3.63, 3.8) is 0 Å². The molecule has 0 spiro atoms. The first-order valence-corrected chi connectivity index (χ1v) is 9.68. The lowest BCUT2D eigenvalue weighted by atomic mass is 9.75. The molecule has 2 rings (SSSR count). The number of hydrogen-bond acceptors (Lipinski definition) is 2. The van der Waals surface area contributed by atoms with E-state index >= 15 is 0 Å². The minimum absolute atomic E-state index is 0.0228. The van der Waals surface area contributed by atoms with Crippen LogP contribution in [0.4, 0.5) is 10.5 Å². The van der Waals surface area contributed by atoms with Crippen molar-refractivity contribution in [3.8, 4) is 0 Å². The number of anilines is 1. The van der Waals surface area contributed by atoms with Crippen molar-refractivity contribution in [2.75, 3.05) is 5.32 Å². The van der Waals surface area contributed by atoms with Crippen LogP contribution in [-0.4, -0.2) is 12.3 Å². The van der Waals surface area contributed by atoms with Gasteiger partial charge in [-0.05, 0) is 53.6 Å². The monoisotopic (exact) mass is 386 g/mol. The lowest BCUT2D eigenvalue weighted by Gasteiger charge is -2.29. The van der Waals surface area contributed by atoms with Crippen LogP contribution in [0.2, 0.25) is 5.02 Å². The molecule has 0 radical (unpaired) electrons. The van der Waals surface area contributed by atoms with Crippen LogP contribution in [0, 0.1) is 0 Å². The molecule has 2 aromatic rings. The van der Waals surface area contributed by atoms with Crippen molar-refractivity contribution in [2.24, 2.45) is 0 Å². The third-order valence-corrected chi connectivity index (χ3v) is 5.07.